The third kappa shape index (κ3) is 2.99. The highest BCUT2D eigenvalue weighted by atomic mass is 16.5. The summed E-state index contributed by atoms with van der Waals surface area (Å²) in [5.41, 5.74) is 3.90. The first-order valence-corrected chi connectivity index (χ1v) is 8.42. The summed E-state index contributed by atoms with van der Waals surface area (Å²) in [7, 11) is 0. The molecule has 0 unspecified atom stereocenters. The van der Waals surface area contributed by atoms with Gasteiger partial charge >= 0.3 is 0 Å². The van der Waals surface area contributed by atoms with Crippen molar-refractivity contribution in [3.05, 3.63) is 54.1 Å². The summed E-state index contributed by atoms with van der Waals surface area (Å²) in [5, 5.41) is 3.43. The Hall–Kier alpha value is -2.20. The number of fused-ring (bicyclic) bond motifs is 1. The molecule has 2 aliphatic rings. The molecule has 0 spiro atoms. The maximum absolute atomic E-state index is 5.94. The minimum Gasteiger partial charge on any atom is -0.489 e. The zero-order chi connectivity index (χ0) is 15.5. The van der Waals surface area contributed by atoms with Gasteiger partial charge in [-0.1, -0.05) is 36.4 Å². The van der Waals surface area contributed by atoms with Crippen LogP contribution in [0.2, 0.25) is 0 Å². The van der Waals surface area contributed by atoms with Crippen LogP contribution >= 0.6 is 0 Å². The first-order chi connectivity index (χ1) is 11.4. The van der Waals surface area contributed by atoms with Gasteiger partial charge in [0.1, 0.15) is 18.0 Å². The third-order valence-electron chi connectivity index (χ3n) is 4.59. The molecule has 0 aromatic heterocycles. The van der Waals surface area contributed by atoms with Gasteiger partial charge in [-0.05, 0) is 17.7 Å². The standard InChI is InChI=1S/C19H23N3O/c1-2-5-16(6-3-1)15-22-13-14-23-18-8-4-7-17(19(18)22)21-11-9-20-10-12-21/h1-8,20H,9-15H2. The Morgan fingerprint density at radius 3 is 2.57 bits per heavy atom. The van der Waals surface area contributed by atoms with Crippen molar-refractivity contribution in [2.75, 3.05) is 49.1 Å². The zero-order valence-corrected chi connectivity index (χ0v) is 13.4. The van der Waals surface area contributed by atoms with Gasteiger partial charge in [0.2, 0.25) is 0 Å². The summed E-state index contributed by atoms with van der Waals surface area (Å²) in [6.07, 6.45) is 0. The first-order valence-electron chi connectivity index (χ1n) is 8.42. The molecule has 1 saturated heterocycles. The van der Waals surface area contributed by atoms with Crippen LogP contribution in [0.1, 0.15) is 5.56 Å². The van der Waals surface area contributed by atoms with Crippen LogP contribution in [0.15, 0.2) is 48.5 Å². The van der Waals surface area contributed by atoms with E-state index in [4.69, 9.17) is 4.74 Å². The summed E-state index contributed by atoms with van der Waals surface area (Å²) in [6, 6.07) is 17.1. The van der Waals surface area contributed by atoms with Crippen molar-refractivity contribution in [1.29, 1.82) is 0 Å². The predicted molar refractivity (Wildman–Crippen MR) is 94.5 cm³/mol. The number of nitrogens with zero attached hydrogens (tertiary/aromatic N) is 2. The Balaban J connectivity index is 1.67. The quantitative estimate of drug-likeness (QED) is 0.943. The molecule has 0 bridgehead atoms. The van der Waals surface area contributed by atoms with Gasteiger partial charge < -0.3 is 19.9 Å². The molecule has 2 aromatic rings. The molecule has 0 amide bonds. The van der Waals surface area contributed by atoms with Crippen LogP contribution in [0.3, 0.4) is 0 Å². The number of anilines is 2. The lowest BCUT2D eigenvalue weighted by molar-refractivity contribution is 0.307. The van der Waals surface area contributed by atoms with Gasteiger partial charge in [0.15, 0.2) is 0 Å². The van der Waals surface area contributed by atoms with E-state index < -0.39 is 0 Å². The van der Waals surface area contributed by atoms with Crippen LogP contribution in [0.5, 0.6) is 5.75 Å². The van der Waals surface area contributed by atoms with Gasteiger partial charge in [0, 0.05) is 32.7 Å². The lowest BCUT2D eigenvalue weighted by Crippen LogP contribution is -2.44. The molecule has 4 rings (SSSR count). The number of rotatable bonds is 3. The number of nitrogens with one attached hydrogen (secondary N) is 1. The highest BCUT2D eigenvalue weighted by Gasteiger charge is 2.25. The van der Waals surface area contributed by atoms with Crippen molar-refractivity contribution in [3.8, 4) is 5.75 Å². The molecule has 0 saturated carbocycles. The van der Waals surface area contributed by atoms with Crippen LogP contribution in [0, 0.1) is 0 Å². The minimum absolute atomic E-state index is 0.755. The zero-order valence-electron chi connectivity index (χ0n) is 13.4. The largest absolute Gasteiger partial charge is 0.489 e. The molecule has 0 aliphatic carbocycles. The summed E-state index contributed by atoms with van der Waals surface area (Å²) < 4.78 is 5.94. The van der Waals surface area contributed by atoms with Gasteiger partial charge in [-0.3, -0.25) is 0 Å². The van der Waals surface area contributed by atoms with Crippen LogP contribution in [0.25, 0.3) is 0 Å². The van der Waals surface area contributed by atoms with Gasteiger partial charge in [0.25, 0.3) is 0 Å². The molecule has 23 heavy (non-hydrogen) atoms. The van der Waals surface area contributed by atoms with Crippen LogP contribution in [0.4, 0.5) is 11.4 Å². The van der Waals surface area contributed by atoms with E-state index in [0.29, 0.717) is 0 Å². The molecule has 2 aromatic carbocycles. The van der Waals surface area contributed by atoms with Gasteiger partial charge in [-0.2, -0.15) is 0 Å². The number of para-hydroxylation sites is 1. The fraction of sp³-hybridized carbons (Fsp3) is 0.368. The highest BCUT2D eigenvalue weighted by molar-refractivity contribution is 5.78. The Morgan fingerprint density at radius 1 is 0.913 bits per heavy atom. The second kappa shape index (κ2) is 6.50. The number of hydrogen-bond donors (Lipinski definition) is 1. The average Bonchev–Trinajstić information content (AvgIpc) is 2.63. The third-order valence-corrected chi connectivity index (χ3v) is 4.59. The highest BCUT2D eigenvalue weighted by Crippen LogP contribution is 2.41. The Morgan fingerprint density at radius 2 is 1.74 bits per heavy atom. The van der Waals surface area contributed by atoms with E-state index in [1.165, 1.54) is 16.9 Å². The Bertz CT molecular complexity index is 653. The molecule has 0 atom stereocenters. The van der Waals surface area contributed by atoms with E-state index in [1.807, 2.05) is 0 Å². The molecule has 120 valence electrons. The number of ether oxygens (including phenoxy) is 1. The monoisotopic (exact) mass is 309 g/mol. The molecular formula is C19H23N3O. The lowest BCUT2D eigenvalue weighted by atomic mass is 10.1. The Labute approximate surface area is 137 Å². The molecule has 0 radical (unpaired) electrons. The van der Waals surface area contributed by atoms with E-state index in [0.717, 1.165) is 51.6 Å². The summed E-state index contributed by atoms with van der Waals surface area (Å²) in [5.74, 6) is 1.02. The fourth-order valence-corrected chi connectivity index (χ4v) is 3.45. The molecule has 2 heterocycles. The molecular weight excluding hydrogens is 286 g/mol. The van der Waals surface area contributed by atoms with Gasteiger partial charge in [-0.15, -0.1) is 0 Å². The van der Waals surface area contributed by atoms with E-state index in [-0.39, 0.29) is 0 Å². The van der Waals surface area contributed by atoms with Crippen molar-refractivity contribution in [1.82, 2.24) is 5.32 Å². The van der Waals surface area contributed by atoms with Crippen LogP contribution in [-0.2, 0) is 6.54 Å². The van der Waals surface area contributed by atoms with Crippen LogP contribution < -0.4 is 19.9 Å². The Kier molecular flexibility index (Phi) is 4.07. The summed E-state index contributed by atoms with van der Waals surface area (Å²) in [6.45, 7) is 6.81. The smallest absolute Gasteiger partial charge is 0.144 e. The number of hydrogen-bond acceptors (Lipinski definition) is 4. The molecule has 1 fully saturated rings. The van der Waals surface area contributed by atoms with Crippen molar-refractivity contribution in [2.24, 2.45) is 0 Å². The predicted octanol–water partition coefficient (Wildman–Crippen LogP) is 2.50. The second-order valence-electron chi connectivity index (χ2n) is 6.12. The van der Waals surface area contributed by atoms with E-state index in [2.05, 4.69) is 63.6 Å². The van der Waals surface area contributed by atoms with Gasteiger partial charge in [-0.25, -0.2) is 0 Å². The van der Waals surface area contributed by atoms with Gasteiger partial charge in [0.05, 0.1) is 12.2 Å². The van der Waals surface area contributed by atoms with Crippen molar-refractivity contribution >= 4 is 11.4 Å². The number of benzene rings is 2. The summed E-state index contributed by atoms with van der Waals surface area (Å²) >= 11 is 0. The molecule has 4 heteroatoms. The van der Waals surface area contributed by atoms with Crippen molar-refractivity contribution in [2.45, 2.75) is 6.54 Å². The SMILES string of the molecule is c1ccc(CN2CCOc3cccc(N4CCNCC4)c32)cc1. The normalized spacial score (nSPS) is 17.6. The van der Waals surface area contributed by atoms with E-state index in [9.17, 15) is 0 Å². The van der Waals surface area contributed by atoms with Crippen molar-refractivity contribution < 1.29 is 4.74 Å². The lowest BCUT2D eigenvalue weighted by Gasteiger charge is -2.38. The van der Waals surface area contributed by atoms with E-state index in [1.54, 1.807) is 0 Å². The minimum atomic E-state index is 0.755. The van der Waals surface area contributed by atoms with E-state index >= 15 is 0 Å². The molecule has 2 aliphatic heterocycles. The maximum atomic E-state index is 5.94. The molecule has 4 nitrogen and oxygen atoms in total. The molecule has 1 N–H and O–H groups in total. The second-order valence-corrected chi connectivity index (χ2v) is 6.12. The number of piperazine rings is 1. The maximum Gasteiger partial charge on any atom is 0.144 e. The fourth-order valence-electron chi connectivity index (χ4n) is 3.45. The topological polar surface area (TPSA) is 27.7 Å². The summed E-state index contributed by atoms with van der Waals surface area (Å²) in [4.78, 5) is 4.94. The first kappa shape index (κ1) is 14.4. The average molecular weight is 309 g/mol. The van der Waals surface area contributed by atoms with Crippen LogP contribution in [-0.4, -0.2) is 39.3 Å². The van der Waals surface area contributed by atoms with Crippen molar-refractivity contribution in [3.63, 3.8) is 0 Å².